The molecule has 2 aromatic carbocycles. The molecule has 0 radical (unpaired) electrons. The van der Waals surface area contributed by atoms with Crippen LogP contribution in [-0.4, -0.2) is 13.7 Å². The minimum atomic E-state index is 0.317. The highest BCUT2D eigenvalue weighted by Gasteiger charge is 2.11. The maximum atomic E-state index is 6.15. The van der Waals surface area contributed by atoms with E-state index in [1.54, 1.807) is 25.3 Å². The molecule has 0 saturated heterocycles. The van der Waals surface area contributed by atoms with Crippen LogP contribution in [0.25, 0.3) is 0 Å². The van der Waals surface area contributed by atoms with E-state index in [9.17, 15) is 0 Å². The normalized spacial score (nSPS) is 10.5. The van der Waals surface area contributed by atoms with Gasteiger partial charge < -0.3 is 15.2 Å². The molecule has 21 heavy (non-hydrogen) atoms. The van der Waals surface area contributed by atoms with E-state index >= 15 is 0 Å². The predicted octanol–water partition coefficient (Wildman–Crippen LogP) is 4.08. The van der Waals surface area contributed by atoms with Crippen LogP contribution in [-0.2, 0) is 13.0 Å². The van der Waals surface area contributed by atoms with Gasteiger partial charge in [0.2, 0.25) is 0 Å². The largest absolute Gasteiger partial charge is 0.493 e. The summed E-state index contributed by atoms with van der Waals surface area (Å²) in [6.45, 7) is 0.860. The summed E-state index contributed by atoms with van der Waals surface area (Å²) in [5, 5.41) is 1.25. The summed E-state index contributed by atoms with van der Waals surface area (Å²) in [5.41, 5.74) is 7.47. The van der Waals surface area contributed by atoms with Gasteiger partial charge in [-0.15, -0.1) is 0 Å². The summed E-state index contributed by atoms with van der Waals surface area (Å²) in [6, 6.07) is 11.0. The van der Waals surface area contributed by atoms with Crippen molar-refractivity contribution in [1.82, 2.24) is 0 Å². The predicted molar refractivity (Wildman–Crippen MR) is 86.5 cm³/mol. The number of rotatable bonds is 6. The lowest BCUT2D eigenvalue weighted by Gasteiger charge is -2.15. The molecule has 0 atom stereocenters. The molecule has 0 aliphatic rings. The fraction of sp³-hybridized carbons (Fsp3) is 0.250. The molecule has 5 heteroatoms. The van der Waals surface area contributed by atoms with Crippen molar-refractivity contribution in [3.63, 3.8) is 0 Å². The zero-order valence-corrected chi connectivity index (χ0v) is 13.2. The molecule has 0 aliphatic heterocycles. The number of ether oxygens (including phenoxy) is 2. The van der Waals surface area contributed by atoms with Crippen LogP contribution in [0.3, 0.4) is 0 Å². The number of nitrogens with two attached hydrogens (primary N) is 1. The van der Waals surface area contributed by atoms with Gasteiger partial charge in [-0.05, 0) is 42.8 Å². The molecule has 0 aliphatic carbocycles. The van der Waals surface area contributed by atoms with Gasteiger partial charge in [-0.3, -0.25) is 0 Å². The van der Waals surface area contributed by atoms with Crippen LogP contribution in [0.1, 0.15) is 11.1 Å². The van der Waals surface area contributed by atoms with Crippen molar-refractivity contribution in [3.05, 3.63) is 57.6 Å². The molecule has 0 saturated carbocycles. The topological polar surface area (TPSA) is 44.5 Å². The lowest BCUT2D eigenvalue weighted by Crippen LogP contribution is -2.06. The number of halogens is 2. The number of methoxy groups -OCH3 is 1. The van der Waals surface area contributed by atoms with Crippen LogP contribution in [0.5, 0.6) is 11.5 Å². The number of benzene rings is 2. The molecule has 2 rings (SSSR count). The molecular weight excluding hydrogens is 309 g/mol. The maximum absolute atomic E-state index is 6.15. The van der Waals surface area contributed by atoms with Gasteiger partial charge in [-0.2, -0.15) is 0 Å². The highest BCUT2D eigenvalue weighted by Crippen LogP contribution is 2.33. The quantitative estimate of drug-likeness (QED) is 0.870. The van der Waals surface area contributed by atoms with Gasteiger partial charge in [-0.25, -0.2) is 0 Å². The fourth-order valence-electron chi connectivity index (χ4n) is 2.04. The van der Waals surface area contributed by atoms with Gasteiger partial charge in [-0.1, -0.05) is 35.3 Å². The van der Waals surface area contributed by atoms with E-state index in [1.807, 2.05) is 18.2 Å². The Morgan fingerprint density at radius 2 is 1.90 bits per heavy atom. The van der Waals surface area contributed by atoms with Gasteiger partial charge in [0, 0.05) is 15.6 Å². The number of hydrogen-bond acceptors (Lipinski definition) is 3. The van der Waals surface area contributed by atoms with Crippen LogP contribution in [0.2, 0.25) is 10.0 Å². The van der Waals surface area contributed by atoms with Gasteiger partial charge in [0.05, 0.1) is 7.11 Å². The van der Waals surface area contributed by atoms with Gasteiger partial charge >= 0.3 is 0 Å². The Balaban J connectivity index is 2.24. The lowest BCUT2D eigenvalue weighted by atomic mass is 10.1. The second-order valence-corrected chi connectivity index (χ2v) is 5.36. The molecule has 0 heterocycles. The van der Waals surface area contributed by atoms with E-state index in [1.165, 1.54) is 0 Å². The molecule has 0 unspecified atom stereocenters. The maximum Gasteiger partial charge on any atom is 0.164 e. The smallest absolute Gasteiger partial charge is 0.164 e. The monoisotopic (exact) mass is 325 g/mol. The molecule has 0 spiro atoms. The van der Waals surface area contributed by atoms with E-state index in [-0.39, 0.29) is 0 Å². The Hall–Kier alpha value is -1.42. The Bertz CT molecular complexity index is 617. The SMILES string of the molecule is COc1cccc(CCN)c1OCc1cc(Cl)ccc1Cl. The van der Waals surface area contributed by atoms with Crippen molar-refractivity contribution in [1.29, 1.82) is 0 Å². The average molecular weight is 326 g/mol. The minimum Gasteiger partial charge on any atom is -0.493 e. The second-order valence-electron chi connectivity index (χ2n) is 4.51. The Labute approximate surface area is 134 Å². The third kappa shape index (κ3) is 4.03. The first-order valence-electron chi connectivity index (χ1n) is 6.58. The zero-order valence-electron chi connectivity index (χ0n) is 11.7. The van der Waals surface area contributed by atoms with Crippen LogP contribution in [0, 0.1) is 0 Å². The van der Waals surface area contributed by atoms with Crippen LogP contribution < -0.4 is 15.2 Å². The van der Waals surface area contributed by atoms with Crippen molar-refractivity contribution in [2.75, 3.05) is 13.7 Å². The molecular formula is C16H17Cl2NO2. The molecule has 0 aromatic heterocycles. The molecule has 112 valence electrons. The molecule has 2 N–H and O–H groups in total. The summed E-state index contributed by atoms with van der Waals surface area (Å²) >= 11 is 12.1. The van der Waals surface area contributed by atoms with Crippen molar-refractivity contribution in [3.8, 4) is 11.5 Å². The highest BCUT2D eigenvalue weighted by molar-refractivity contribution is 6.33. The molecule has 0 bridgehead atoms. The average Bonchev–Trinajstić information content (AvgIpc) is 2.49. The molecule has 2 aromatic rings. The van der Waals surface area contributed by atoms with E-state index < -0.39 is 0 Å². The lowest BCUT2D eigenvalue weighted by molar-refractivity contribution is 0.281. The van der Waals surface area contributed by atoms with E-state index in [2.05, 4.69) is 0 Å². The van der Waals surface area contributed by atoms with E-state index in [0.29, 0.717) is 34.7 Å². The Morgan fingerprint density at radius 3 is 2.62 bits per heavy atom. The third-order valence-electron chi connectivity index (χ3n) is 3.07. The number of hydrogen-bond donors (Lipinski definition) is 1. The first-order chi connectivity index (χ1) is 10.2. The first kappa shape index (κ1) is 16.0. The van der Waals surface area contributed by atoms with Gasteiger partial charge in [0.1, 0.15) is 6.61 Å². The van der Waals surface area contributed by atoms with Crippen molar-refractivity contribution in [2.24, 2.45) is 5.73 Å². The van der Waals surface area contributed by atoms with E-state index in [4.69, 9.17) is 38.4 Å². The molecule has 0 fully saturated rings. The van der Waals surface area contributed by atoms with Crippen LogP contribution in [0.4, 0.5) is 0 Å². The van der Waals surface area contributed by atoms with Crippen molar-refractivity contribution in [2.45, 2.75) is 13.0 Å². The third-order valence-corrected chi connectivity index (χ3v) is 3.68. The van der Waals surface area contributed by atoms with Crippen LogP contribution >= 0.6 is 23.2 Å². The summed E-state index contributed by atoms with van der Waals surface area (Å²) < 4.78 is 11.3. The number of para-hydroxylation sites is 1. The molecule has 3 nitrogen and oxygen atoms in total. The summed E-state index contributed by atoms with van der Waals surface area (Å²) in [7, 11) is 1.61. The summed E-state index contributed by atoms with van der Waals surface area (Å²) in [6.07, 6.45) is 0.718. The zero-order chi connectivity index (χ0) is 15.2. The first-order valence-corrected chi connectivity index (χ1v) is 7.34. The highest BCUT2D eigenvalue weighted by atomic mass is 35.5. The van der Waals surface area contributed by atoms with Crippen LogP contribution in [0.15, 0.2) is 36.4 Å². The minimum absolute atomic E-state index is 0.317. The Morgan fingerprint density at radius 1 is 1.10 bits per heavy atom. The van der Waals surface area contributed by atoms with Gasteiger partial charge in [0.25, 0.3) is 0 Å². The van der Waals surface area contributed by atoms with Gasteiger partial charge in [0.15, 0.2) is 11.5 Å². The van der Waals surface area contributed by atoms with E-state index in [0.717, 1.165) is 17.5 Å². The summed E-state index contributed by atoms with van der Waals surface area (Å²) in [4.78, 5) is 0. The van der Waals surface area contributed by atoms with Crippen molar-refractivity contribution < 1.29 is 9.47 Å². The standard InChI is InChI=1S/C16H17Cl2NO2/c1-20-15-4-2-3-11(7-8-19)16(15)21-10-12-9-13(17)5-6-14(12)18/h2-6,9H,7-8,10,19H2,1H3. The van der Waals surface area contributed by atoms with Crippen molar-refractivity contribution >= 4 is 23.2 Å². The fourth-order valence-corrected chi connectivity index (χ4v) is 2.41. The summed E-state index contributed by atoms with van der Waals surface area (Å²) in [5.74, 6) is 1.38. The molecule has 0 amide bonds. The second kappa shape index (κ2) is 7.55. The Kier molecular flexibility index (Phi) is 5.74.